The largest absolute Gasteiger partial charge is 0.444 e. The van der Waals surface area contributed by atoms with Gasteiger partial charge in [-0.15, -0.1) is 0 Å². The molecule has 0 spiro atoms. The molecule has 0 aromatic carbocycles. The van der Waals surface area contributed by atoms with Gasteiger partial charge in [0.15, 0.2) is 19.3 Å². The molecule has 1 heterocycles. The van der Waals surface area contributed by atoms with Crippen molar-refractivity contribution in [2.75, 3.05) is 6.54 Å². The second-order valence-electron chi connectivity index (χ2n) is 9.62. The summed E-state index contributed by atoms with van der Waals surface area (Å²) in [5.74, 6) is -0.629. The van der Waals surface area contributed by atoms with E-state index in [1.807, 2.05) is 6.92 Å². The Morgan fingerprint density at radius 2 is 1.86 bits per heavy atom. The molecule has 1 amide bonds. The Labute approximate surface area is 174 Å². The molecule has 0 fully saturated rings. The smallest absolute Gasteiger partial charge is 0.410 e. The van der Waals surface area contributed by atoms with Crippen LogP contribution >= 0.6 is 11.6 Å². The second-order valence-corrected chi connectivity index (χ2v) is 14.7. The van der Waals surface area contributed by atoms with Gasteiger partial charge in [-0.25, -0.2) is 14.2 Å². The first kappa shape index (κ1) is 24.9. The first-order valence-electron chi connectivity index (χ1n) is 9.48. The Bertz CT molecular complexity index is 687. The highest BCUT2D eigenvalue weighted by atomic mass is 35.5. The van der Waals surface area contributed by atoms with Gasteiger partial charge in [-0.05, 0) is 51.9 Å². The van der Waals surface area contributed by atoms with Gasteiger partial charge in [0.25, 0.3) is 0 Å². The average Bonchev–Trinajstić information content (AvgIpc) is 2.47. The van der Waals surface area contributed by atoms with E-state index in [4.69, 9.17) is 20.8 Å². The Hall–Kier alpha value is -1.18. The molecule has 8 heteroatoms. The van der Waals surface area contributed by atoms with Crippen LogP contribution in [0.15, 0.2) is 12.3 Å². The van der Waals surface area contributed by atoms with E-state index in [9.17, 15) is 9.18 Å². The fraction of sp³-hybridized carbons (Fsp3) is 0.700. The predicted molar refractivity (Wildman–Crippen MR) is 114 cm³/mol. The first-order valence-corrected chi connectivity index (χ1v) is 12.8. The maximum absolute atomic E-state index is 14.3. The van der Waals surface area contributed by atoms with Crippen LogP contribution in [0.5, 0.6) is 0 Å². The van der Waals surface area contributed by atoms with Crippen LogP contribution < -0.4 is 0 Å². The highest BCUT2D eigenvalue weighted by molar-refractivity contribution is 6.74. The van der Waals surface area contributed by atoms with Gasteiger partial charge < -0.3 is 14.1 Å². The van der Waals surface area contributed by atoms with Gasteiger partial charge in [0.1, 0.15) is 5.60 Å². The Kier molecular flexibility index (Phi) is 8.07. The molecule has 1 aromatic rings. The number of halogens is 2. The summed E-state index contributed by atoms with van der Waals surface area (Å²) in [5.41, 5.74) is -0.377. The predicted octanol–water partition coefficient (Wildman–Crippen LogP) is 6.02. The maximum Gasteiger partial charge on any atom is 0.410 e. The molecule has 160 valence electrons. The van der Waals surface area contributed by atoms with E-state index >= 15 is 0 Å². The van der Waals surface area contributed by atoms with Crippen molar-refractivity contribution in [3.05, 3.63) is 28.8 Å². The van der Waals surface area contributed by atoms with Gasteiger partial charge in [-0.1, -0.05) is 32.4 Å². The van der Waals surface area contributed by atoms with Crippen molar-refractivity contribution < 1.29 is 18.3 Å². The number of hydrogen-bond acceptors (Lipinski definition) is 4. The maximum atomic E-state index is 14.3. The fourth-order valence-electron chi connectivity index (χ4n) is 2.34. The third-order valence-corrected chi connectivity index (χ3v) is 9.59. The van der Waals surface area contributed by atoms with Gasteiger partial charge in [-0.3, -0.25) is 0 Å². The number of amides is 1. The van der Waals surface area contributed by atoms with Crippen LogP contribution in [0.2, 0.25) is 23.3 Å². The molecule has 0 aliphatic carbocycles. The average molecular weight is 433 g/mol. The third-order valence-electron chi connectivity index (χ3n) is 4.72. The SMILES string of the molecule is C[C@@H](CN(Cc1ccnc(Cl)c1F)C(=O)OC(C)(C)C)O[Si](C)(C)C(C)(C)C. The van der Waals surface area contributed by atoms with Crippen molar-refractivity contribution in [3.63, 3.8) is 0 Å². The van der Waals surface area contributed by atoms with Crippen molar-refractivity contribution in [1.29, 1.82) is 0 Å². The second kappa shape index (κ2) is 9.09. The van der Waals surface area contributed by atoms with Crippen LogP contribution in [0.25, 0.3) is 0 Å². The molecule has 0 N–H and O–H groups in total. The molecule has 0 saturated carbocycles. The van der Waals surface area contributed by atoms with Crippen molar-refractivity contribution in [1.82, 2.24) is 9.88 Å². The minimum absolute atomic E-state index is 0.0220. The molecular formula is C20H34ClFN2O3Si. The number of hydrogen-bond donors (Lipinski definition) is 0. The molecular weight excluding hydrogens is 399 g/mol. The molecule has 5 nitrogen and oxygen atoms in total. The molecule has 0 saturated heterocycles. The highest BCUT2D eigenvalue weighted by Gasteiger charge is 2.39. The van der Waals surface area contributed by atoms with E-state index in [0.717, 1.165) is 0 Å². The van der Waals surface area contributed by atoms with E-state index in [0.29, 0.717) is 0 Å². The standard InChI is InChI=1S/C20H34ClFN2O3Si/c1-14(27-28(8,9)20(5,6)7)12-24(18(25)26-19(2,3)4)13-15-10-11-23-17(21)16(15)22/h10-11,14H,12-13H2,1-9H3/t14-/m0/s1. The lowest BCUT2D eigenvalue weighted by atomic mass is 10.2. The van der Waals surface area contributed by atoms with Gasteiger partial charge in [-0.2, -0.15) is 0 Å². The van der Waals surface area contributed by atoms with Crippen LogP contribution in [0.4, 0.5) is 9.18 Å². The Morgan fingerprint density at radius 3 is 2.36 bits per heavy atom. The van der Waals surface area contributed by atoms with Gasteiger partial charge in [0, 0.05) is 18.3 Å². The molecule has 0 bridgehead atoms. The zero-order valence-corrected chi connectivity index (χ0v) is 20.3. The van der Waals surface area contributed by atoms with Crippen molar-refractivity contribution in [2.24, 2.45) is 0 Å². The number of aromatic nitrogens is 1. The molecule has 0 unspecified atom stereocenters. The molecule has 0 radical (unpaired) electrons. The van der Waals surface area contributed by atoms with Crippen LogP contribution in [-0.2, 0) is 15.7 Å². The van der Waals surface area contributed by atoms with E-state index in [1.54, 1.807) is 20.8 Å². The van der Waals surface area contributed by atoms with Gasteiger partial charge in [0.2, 0.25) is 0 Å². The van der Waals surface area contributed by atoms with Crippen LogP contribution in [0.3, 0.4) is 0 Å². The summed E-state index contributed by atoms with van der Waals surface area (Å²) >= 11 is 5.79. The highest BCUT2D eigenvalue weighted by Crippen LogP contribution is 2.37. The topological polar surface area (TPSA) is 51.7 Å². The summed E-state index contributed by atoms with van der Waals surface area (Å²) < 4.78 is 26.2. The van der Waals surface area contributed by atoms with Gasteiger partial charge in [0.05, 0.1) is 12.6 Å². The first-order chi connectivity index (χ1) is 12.5. The minimum Gasteiger partial charge on any atom is -0.444 e. The lowest BCUT2D eigenvalue weighted by Crippen LogP contribution is -2.47. The number of rotatable bonds is 6. The van der Waals surface area contributed by atoms with Crippen LogP contribution in [-0.4, -0.2) is 42.5 Å². The quantitative estimate of drug-likeness (QED) is 0.407. The number of carbonyl (C=O) groups excluding carboxylic acids is 1. The van der Waals surface area contributed by atoms with E-state index < -0.39 is 25.8 Å². The Morgan fingerprint density at radius 1 is 1.29 bits per heavy atom. The summed E-state index contributed by atoms with van der Waals surface area (Å²) in [4.78, 5) is 17.9. The van der Waals surface area contributed by atoms with Crippen molar-refractivity contribution in [3.8, 4) is 0 Å². The number of nitrogens with zero attached hydrogens (tertiary/aromatic N) is 2. The van der Waals surface area contributed by atoms with Crippen LogP contribution in [0.1, 0.15) is 54.0 Å². The summed E-state index contributed by atoms with van der Waals surface area (Å²) in [6.45, 7) is 18.4. The van der Waals surface area contributed by atoms with E-state index in [1.165, 1.54) is 17.2 Å². The molecule has 1 aromatic heterocycles. The minimum atomic E-state index is -2.01. The molecule has 28 heavy (non-hydrogen) atoms. The molecule has 1 atom stereocenters. The summed E-state index contributed by atoms with van der Waals surface area (Å²) in [7, 11) is -2.01. The molecule has 0 aliphatic heterocycles. The zero-order valence-electron chi connectivity index (χ0n) is 18.5. The Balaban J connectivity index is 3.04. The molecule has 0 aliphatic rings. The van der Waals surface area contributed by atoms with Crippen molar-refractivity contribution in [2.45, 2.75) is 84.8 Å². The van der Waals surface area contributed by atoms with Crippen molar-refractivity contribution >= 4 is 26.0 Å². The van der Waals surface area contributed by atoms with E-state index in [-0.39, 0.29) is 34.9 Å². The lowest BCUT2D eigenvalue weighted by Gasteiger charge is -2.39. The zero-order chi connectivity index (χ0) is 21.9. The lowest BCUT2D eigenvalue weighted by molar-refractivity contribution is 0.0150. The fourth-order valence-corrected chi connectivity index (χ4v) is 3.95. The number of carbonyl (C=O) groups is 1. The number of ether oxygens (including phenoxy) is 1. The monoisotopic (exact) mass is 432 g/mol. The van der Waals surface area contributed by atoms with Crippen LogP contribution in [0, 0.1) is 5.82 Å². The van der Waals surface area contributed by atoms with E-state index in [2.05, 4.69) is 38.8 Å². The normalized spacial score (nSPS) is 14.0. The molecule has 1 rings (SSSR count). The summed E-state index contributed by atoms with van der Waals surface area (Å²) in [6, 6.07) is 1.51. The number of pyridine rings is 1. The van der Waals surface area contributed by atoms with Gasteiger partial charge >= 0.3 is 6.09 Å². The third kappa shape index (κ3) is 7.33. The summed E-state index contributed by atoms with van der Waals surface area (Å²) in [6.07, 6.45) is 0.670. The summed E-state index contributed by atoms with van der Waals surface area (Å²) in [5, 5.41) is -0.171.